The van der Waals surface area contributed by atoms with Crippen molar-refractivity contribution in [2.24, 2.45) is 5.10 Å². The monoisotopic (exact) mass is 453 g/mol. The van der Waals surface area contributed by atoms with Gasteiger partial charge < -0.3 is 10.1 Å². The molecule has 0 aliphatic heterocycles. The van der Waals surface area contributed by atoms with Crippen molar-refractivity contribution < 1.29 is 9.53 Å². The van der Waals surface area contributed by atoms with Crippen molar-refractivity contribution in [1.82, 2.24) is 5.43 Å². The first-order valence-corrected chi connectivity index (χ1v) is 8.73. The summed E-state index contributed by atoms with van der Waals surface area (Å²) >= 11 is 6.96. The lowest BCUT2D eigenvalue weighted by atomic mass is 10.2. The third kappa shape index (κ3) is 5.35. The van der Waals surface area contributed by atoms with Gasteiger partial charge in [0, 0.05) is 14.6 Å². The molecular formula is C17H17Br2N3O2. The highest BCUT2D eigenvalue weighted by Crippen LogP contribution is 2.28. The van der Waals surface area contributed by atoms with Crippen LogP contribution in [0.1, 0.15) is 11.1 Å². The highest BCUT2D eigenvalue weighted by atomic mass is 79.9. The predicted molar refractivity (Wildman–Crippen MR) is 104 cm³/mol. The summed E-state index contributed by atoms with van der Waals surface area (Å²) in [7, 11) is 1.61. The molecule has 1 amide bonds. The fourth-order valence-electron chi connectivity index (χ4n) is 1.84. The van der Waals surface area contributed by atoms with E-state index in [4.69, 9.17) is 4.74 Å². The van der Waals surface area contributed by atoms with Gasteiger partial charge in [0.05, 0.1) is 19.9 Å². The van der Waals surface area contributed by atoms with Gasteiger partial charge in [-0.3, -0.25) is 4.79 Å². The molecule has 2 aromatic carbocycles. The van der Waals surface area contributed by atoms with Crippen molar-refractivity contribution in [3.63, 3.8) is 0 Å². The number of halogens is 2. The molecule has 0 radical (unpaired) electrons. The van der Waals surface area contributed by atoms with E-state index in [1.54, 1.807) is 13.3 Å². The lowest BCUT2D eigenvalue weighted by molar-refractivity contribution is -0.119. The minimum Gasteiger partial charge on any atom is -0.497 e. The summed E-state index contributed by atoms with van der Waals surface area (Å²) in [4.78, 5) is 11.8. The van der Waals surface area contributed by atoms with Crippen LogP contribution >= 0.6 is 31.9 Å². The molecule has 5 nitrogen and oxygen atoms in total. The third-order valence-corrected chi connectivity index (χ3v) is 4.90. The van der Waals surface area contributed by atoms with Crippen molar-refractivity contribution in [1.29, 1.82) is 0 Å². The van der Waals surface area contributed by atoms with Gasteiger partial charge in [0.15, 0.2) is 0 Å². The summed E-state index contributed by atoms with van der Waals surface area (Å²) in [5.41, 5.74) is 5.30. The first kappa shape index (κ1) is 18.5. The molecule has 7 heteroatoms. The van der Waals surface area contributed by atoms with E-state index in [9.17, 15) is 4.79 Å². The lowest BCUT2D eigenvalue weighted by Crippen LogP contribution is -2.25. The Balaban J connectivity index is 1.83. The van der Waals surface area contributed by atoms with Gasteiger partial charge in [-0.1, -0.05) is 31.9 Å². The van der Waals surface area contributed by atoms with Gasteiger partial charge in [-0.15, -0.1) is 0 Å². The Morgan fingerprint density at radius 2 is 1.83 bits per heavy atom. The second-order valence-electron chi connectivity index (χ2n) is 4.98. The Morgan fingerprint density at radius 1 is 1.21 bits per heavy atom. The fraction of sp³-hybridized carbons (Fsp3) is 0.176. The summed E-state index contributed by atoms with van der Waals surface area (Å²) in [5, 5.41) is 6.99. The number of carbonyl (C=O) groups is 1. The third-order valence-electron chi connectivity index (χ3n) is 3.25. The van der Waals surface area contributed by atoms with Crippen LogP contribution in [-0.4, -0.2) is 25.8 Å². The zero-order valence-electron chi connectivity index (χ0n) is 13.3. The minimum atomic E-state index is -0.229. The molecule has 24 heavy (non-hydrogen) atoms. The van der Waals surface area contributed by atoms with E-state index in [-0.39, 0.29) is 12.5 Å². The number of ether oxygens (including phenoxy) is 1. The Morgan fingerprint density at radius 3 is 2.42 bits per heavy atom. The normalized spacial score (nSPS) is 10.7. The maximum absolute atomic E-state index is 11.8. The molecule has 0 aromatic heterocycles. The molecule has 0 heterocycles. The van der Waals surface area contributed by atoms with Crippen LogP contribution in [-0.2, 0) is 4.79 Å². The number of methoxy groups -OCH3 is 1. The summed E-state index contributed by atoms with van der Waals surface area (Å²) in [6.07, 6.45) is 1.58. The summed E-state index contributed by atoms with van der Waals surface area (Å²) in [6.45, 7) is 2.13. The van der Waals surface area contributed by atoms with Crippen molar-refractivity contribution in [2.75, 3.05) is 19.0 Å². The predicted octanol–water partition coefficient (Wildman–Crippen LogP) is 4.09. The van der Waals surface area contributed by atoms with Crippen LogP contribution in [0.5, 0.6) is 5.75 Å². The van der Waals surface area contributed by atoms with Crippen molar-refractivity contribution >= 4 is 49.7 Å². The number of amides is 1. The lowest BCUT2D eigenvalue weighted by Gasteiger charge is -2.09. The smallest absolute Gasteiger partial charge is 0.259 e. The number of benzene rings is 2. The molecule has 2 aromatic rings. The fourth-order valence-corrected chi connectivity index (χ4v) is 3.02. The molecule has 2 rings (SSSR count). The average molecular weight is 455 g/mol. The number of rotatable bonds is 6. The average Bonchev–Trinajstić information content (AvgIpc) is 2.58. The summed E-state index contributed by atoms with van der Waals surface area (Å²) in [6, 6.07) is 11.2. The van der Waals surface area contributed by atoms with Crippen LogP contribution in [0.15, 0.2) is 50.4 Å². The molecule has 0 fully saturated rings. The molecule has 0 spiro atoms. The quantitative estimate of drug-likeness (QED) is 0.510. The summed E-state index contributed by atoms with van der Waals surface area (Å²) < 4.78 is 7.02. The topological polar surface area (TPSA) is 62.7 Å². The maximum Gasteiger partial charge on any atom is 0.259 e. The van der Waals surface area contributed by atoms with Crippen LogP contribution < -0.4 is 15.5 Å². The van der Waals surface area contributed by atoms with E-state index < -0.39 is 0 Å². The Kier molecular flexibility index (Phi) is 6.81. The van der Waals surface area contributed by atoms with Gasteiger partial charge >= 0.3 is 0 Å². The van der Waals surface area contributed by atoms with Crippen LogP contribution in [0.2, 0.25) is 0 Å². The molecule has 0 bridgehead atoms. The molecule has 0 saturated carbocycles. The van der Waals surface area contributed by atoms with Crippen LogP contribution in [0.25, 0.3) is 0 Å². The molecule has 126 valence electrons. The number of anilines is 1. The zero-order valence-corrected chi connectivity index (χ0v) is 16.4. The molecule has 0 unspecified atom stereocenters. The number of nitrogens with one attached hydrogen (secondary N) is 2. The first-order chi connectivity index (χ1) is 11.5. The zero-order chi connectivity index (χ0) is 17.5. The molecule has 0 aliphatic carbocycles. The van der Waals surface area contributed by atoms with Gasteiger partial charge in [-0.25, -0.2) is 5.43 Å². The highest BCUT2D eigenvalue weighted by Gasteiger charge is 2.05. The standard InChI is InChI=1S/C17H17Br2N3O2/c1-11-15(18)7-13(8-16(11)19)20-10-17(23)22-21-9-12-3-5-14(24-2)6-4-12/h3-9,20H,10H2,1-2H3,(H,22,23). The maximum atomic E-state index is 11.8. The highest BCUT2D eigenvalue weighted by molar-refractivity contribution is 9.11. The Bertz CT molecular complexity index is 723. The molecule has 0 saturated heterocycles. The van der Waals surface area contributed by atoms with Gasteiger partial charge in [-0.2, -0.15) is 5.10 Å². The molecule has 0 aliphatic rings. The van der Waals surface area contributed by atoms with E-state index in [0.717, 1.165) is 31.5 Å². The molecule has 0 atom stereocenters. The SMILES string of the molecule is COc1ccc(C=NNC(=O)CNc2cc(Br)c(C)c(Br)c2)cc1. The van der Waals surface area contributed by atoms with E-state index in [1.165, 1.54) is 0 Å². The van der Waals surface area contributed by atoms with E-state index in [1.807, 2.05) is 43.3 Å². The second-order valence-corrected chi connectivity index (χ2v) is 6.69. The molecular weight excluding hydrogens is 438 g/mol. The van der Waals surface area contributed by atoms with Gasteiger partial charge in [-0.05, 0) is 54.4 Å². The van der Waals surface area contributed by atoms with E-state index >= 15 is 0 Å². The van der Waals surface area contributed by atoms with Crippen LogP contribution in [0.3, 0.4) is 0 Å². The van der Waals surface area contributed by atoms with E-state index in [0.29, 0.717) is 0 Å². The van der Waals surface area contributed by atoms with Crippen LogP contribution in [0, 0.1) is 6.92 Å². The first-order valence-electron chi connectivity index (χ1n) is 7.15. The Hall–Kier alpha value is -1.86. The van der Waals surface area contributed by atoms with Gasteiger partial charge in [0.1, 0.15) is 5.75 Å². The number of hydrogen-bond acceptors (Lipinski definition) is 4. The summed E-state index contributed by atoms with van der Waals surface area (Å²) in [5.74, 6) is 0.545. The van der Waals surface area contributed by atoms with Gasteiger partial charge in [0.25, 0.3) is 5.91 Å². The van der Waals surface area contributed by atoms with Crippen molar-refractivity contribution in [2.45, 2.75) is 6.92 Å². The number of hydrazone groups is 1. The largest absolute Gasteiger partial charge is 0.497 e. The van der Waals surface area contributed by atoms with Gasteiger partial charge in [0.2, 0.25) is 0 Å². The number of nitrogens with zero attached hydrogens (tertiary/aromatic N) is 1. The van der Waals surface area contributed by atoms with Crippen LogP contribution in [0.4, 0.5) is 5.69 Å². The van der Waals surface area contributed by atoms with Crippen molar-refractivity contribution in [3.8, 4) is 5.75 Å². The second kappa shape index (κ2) is 8.84. The Labute approximate surface area is 157 Å². The van der Waals surface area contributed by atoms with Crippen molar-refractivity contribution in [3.05, 3.63) is 56.5 Å². The minimum absolute atomic E-state index is 0.127. The number of hydrogen-bond donors (Lipinski definition) is 2. The molecule has 2 N–H and O–H groups in total. The number of carbonyl (C=O) groups excluding carboxylic acids is 1. The van der Waals surface area contributed by atoms with E-state index in [2.05, 4.69) is 47.7 Å².